The predicted octanol–water partition coefficient (Wildman–Crippen LogP) is 1.72. The SMILES string of the molecule is CCOC(=O)[C@@]1(CC)[NH2+][C@@H](c2ccco2)[C@H]2C(=O)N(c3ccc(C)cc3)C(=O)[C@H]21. The van der Waals surface area contributed by atoms with Crippen molar-refractivity contribution in [3.05, 3.63) is 54.0 Å². The number of nitrogens with zero attached hydrogens (tertiary/aromatic N) is 1. The molecule has 0 bridgehead atoms. The van der Waals surface area contributed by atoms with Crippen LogP contribution in [0.1, 0.15) is 37.6 Å². The monoisotopic (exact) mass is 397 g/mol. The van der Waals surface area contributed by atoms with Crippen molar-refractivity contribution in [3.63, 3.8) is 0 Å². The molecule has 152 valence electrons. The number of anilines is 1. The van der Waals surface area contributed by atoms with E-state index in [0.717, 1.165) is 5.56 Å². The van der Waals surface area contributed by atoms with Gasteiger partial charge in [-0.15, -0.1) is 0 Å². The molecule has 1 aromatic carbocycles. The average molecular weight is 397 g/mol. The van der Waals surface area contributed by atoms with Crippen molar-refractivity contribution in [1.29, 1.82) is 0 Å². The Morgan fingerprint density at radius 1 is 1.17 bits per heavy atom. The molecule has 0 aliphatic carbocycles. The van der Waals surface area contributed by atoms with Crippen LogP contribution in [-0.2, 0) is 19.1 Å². The molecule has 3 heterocycles. The fraction of sp³-hybridized carbons (Fsp3) is 0.409. The van der Waals surface area contributed by atoms with E-state index in [4.69, 9.17) is 9.15 Å². The molecular formula is C22H25N2O5+. The van der Waals surface area contributed by atoms with E-state index in [9.17, 15) is 14.4 Å². The summed E-state index contributed by atoms with van der Waals surface area (Å²) in [6, 6.07) is 10.3. The van der Waals surface area contributed by atoms with Crippen LogP contribution in [-0.4, -0.2) is 29.9 Å². The van der Waals surface area contributed by atoms with Crippen LogP contribution in [0.3, 0.4) is 0 Å². The standard InChI is InChI=1S/C22H24N2O5/c1-4-22(21(27)28-5-2)17-16(18(23-22)15-7-6-12-29-15)19(25)24(20(17)26)14-10-8-13(3)9-11-14/h6-12,16-18,23H,4-5H2,1-3H3/p+1/t16-,17-,18-,22-/m0/s1. The number of nitrogens with two attached hydrogens (primary N) is 1. The highest BCUT2D eigenvalue weighted by Gasteiger charge is 2.72. The molecule has 2 aromatic rings. The Morgan fingerprint density at radius 2 is 1.90 bits per heavy atom. The highest BCUT2D eigenvalue weighted by Crippen LogP contribution is 2.47. The minimum Gasteiger partial charge on any atom is -0.463 e. The van der Waals surface area contributed by atoms with E-state index in [1.54, 1.807) is 36.5 Å². The van der Waals surface area contributed by atoms with E-state index >= 15 is 0 Å². The number of rotatable bonds is 5. The quantitative estimate of drug-likeness (QED) is 0.613. The molecular weight excluding hydrogens is 372 g/mol. The Bertz CT molecular complexity index is 937. The van der Waals surface area contributed by atoms with E-state index in [-0.39, 0.29) is 18.4 Å². The topological polar surface area (TPSA) is 93.4 Å². The number of hydrogen-bond donors (Lipinski definition) is 1. The summed E-state index contributed by atoms with van der Waals surface area (Å²) in [5.74, 6) is -2.05. The normalized spacial score (nSPS) is 28.7. The lowest BCUT2D eigenvalue weighted by Crippen LogP contribution is -2.98. The number of esters is 1. The van der Waals surface area contributed by atoms with Crippen LogP contribution < -0.4 is 10.2 Å². The molecule has 4 rings (SSSR count). The van der Waals surface area contributed by atoms with Crippen molar-refractivity contribution in [1.82, 2.24) is 0 Å². The third-order valence-corrected chi connectivity index (χ3v) is 6.17. The highest BCUT2D eigenvalue weighted by molar-refractivity contribution is 6.23. The van der Waals surface area contributed by atoms with Crippen molar-refractivity contribution in [2.75, 3.05) is 11.5 Å². The van der Waals surface area contributed by atoms with Gasteiger partial charge in [0.25, 0.3) is 0 Å². The molecule has 0 radical (unpaired) electrons. The number of ether oxygens (including phenoxy) is 1. The molecule has 2 aliphatic rings. The number of furan rings is 1. The molecule has 2 N–H and O–H groups in total. The maximum Gasteiger partial charge on any atom is 0.368 e. The first-order valence-corrected chi connectivity index (χ1v) is 9.95. The first kappa shape index (κ1) is 19.4. The number of carbonyl (C=O) groups is 3. The Balaban J connectivity index is 1.83. The number of quaternary nitrogens is 1. The Hall–Kier alpha value is -2.93. The first-order chi connectivity index (χ1) is 13.9. The van der Waals surface area contributed by atoms with Gasteiger partial charge in [-0.05, 0) is 38.1 Å². The van der Waals surface area contributed by atoms with Crippen molar-refractivity contribution >= 4 is 23.5 Å². The summed E-state index contributed by atoms with van der Waals surface area (Å²) in [6.07, 6.45) is 1.90. The molecule has 29 heavy (non-hydrogen) atoms. The fourth-order valence-electron chi connectivity index (χ4n) is 4.75. The zero-order chi connectivity index (χ0) is 20.8. The van der Waals surface area contributed by atoms with Crippen LogP contribution in [0.5, 0.6) is 0 Å². The first-order valence-electron chi connectivity index (χ1n) is 9.95. The number of hydrogen-bond acceptors (Lipinski definition) is 5. The van der Waals surface area contributed by atoms with Crippen LogP contribution in [0.2, 0.25) is 0 Å². The highest BCUT2D eigenvalue weighted by atomic mass is 16.5. The molecule has 0 spiro atoms. The van der Waals surface area contributed by atoms with Gasteiger partial charge in [0, 0.05) is 6.42 Å². The number of imide groups is 1. The third kappa shape index (κ3) is 2.80. The lowest BCUT2D eigenvalue weighted by Gasteiger charge is -2.28. The number of fused-ring (bicyclic) bond motifs is 1. The van der Waals surface area contributed by atoms with Crippen LogP contribution in [0.15, 0.2) is 47.1 Å². The van der Waals surface area contributed by atoms with E-state index in [1.807, 2.05) is 26.0 Å². The maximum atomic E-state index is 13.5. The van der Waals surface area contributed by atoms with Gasteiger partial charge in [-0.1, -0.05) is 24.6 Å². The molecule has 2 fully saturated rings. The summed E-state index contributed by atoms with van der Waals surface area (Å²) in [5.41, 5.74) is 0.390. The molecule has 7 heteroatoms. The minimum atomic E-state index is -1.16. The van der Waals surface area contributed by atoms with Gasteiger partial charge in [-0.2, -0.15) is 0 Å². The fourth-order valence-corrected chi connectivity index (χ4v) is 4.75. The molecule has 2 amide bonds. The molecule has 2 aliphatic heterocycles. The summed E-state index contributed by atoms with van der Waals surface area (Å²) >= 11 is 0. The second-order valence-electron chi connectivity index (χ2n) is 7.67. The van der Waals surface area contributed by atoms with Crippen LogP contribution in [0, 0.1) is 18.8 Å². The van der Waals surface area contributed by atoms with Crippen LogP contribution in [0.25, 0.3) is 0 Å². The van der Waals surface area contributed by atoms with Crippen molar-refractivity contribution in [2.24, 2.45) is 11.8 Å². The zero-order valence-electron chi connectivity index (χ0n) is 16.8. The summed E-state index contributed by atoms with van der Waals surface area (Å²) in [6.45, 7) is 5.73. The Kier molecular flexibility index (Phi) is 4.78. The van der Waals surface area contributed by atoms with Gasteiger partial charge in [-0.3, -0.25) is 9.59 Å². The number of benzene rings is 1. The van der Waals surface area contributed by atoms with Crippen LogP contribution in [0.4, 0.5) is 5.69 Å². The van der Waals surface area contributed by atoms with E-state index in [2.05, 4.69) is 0 Å². The predicted molar refractivity (Wildman–Crippen MR) is 104 cm³/mol. The molecule has 7 nitrogen and oxygen atoms in total. The lowest BCUT2D eigenvalue weighted by molar-refractivity contribution is -0.736. The molecule has 0 unspecified atom stereocenters. The summed E-state index contributed by atoms with van der Waals surface area (Å²) in [5, 5.41) is 1.81. The Labute approximate surface area is 169 Å². The van der Waals surface area contributed by atoms with Gasteiger partial charge < -0.3 is 14.5 Å². The zero-order valence-corrected chi connectivity index (χ0v) is 16.8. The third-order valence-electron chi connectivity index (χ3n) is 6.17. The lowest BCUT2D eigenvalue weighted by atomic mass is 9.78. The number of amides is 2. The summed E-state index contributed by atoms with van der Waals surface area (Å²) in [4.78, 5) is 41.2. The number of aryl methyl sites for hydroxylation is 1. The van der Waals surface area contributed by atoms with Crippen LogP contribution >= 0.6 is 0 Å². The van der Waals surface area contributed by atoms with E-state index in [1.165, 1.54) is 11.2 Å². The smallest absolute Gasteiger partial charge is 0.368 e. The van der Waals surface area contributed by atoms with Gasteiger partial charge in [0.1, 0.15) is 11.8 Å². The molecule has 0 saturated carbocycles. The van der Waals surface area contributed by atoms with Gasteiger partial charge in [-0.25, -0.2) is 9.69 Å². The second kappa shape index (κ2) is 7.15. The molecule has 4 atom stereocenters. The summed E-state index contributed by atoms with van der Waals surface area (Å²) in [7, 11) is 0. The van der Waals surface area contributed by atoms with Crippen molar-refractivity contribution < 1.29 is 28.9 Å². The van der Waals surface area contributed by atoms with Crippen molar-refractivity contribution in [2.45, 2.75) is 38.8 Å². The van der Waals surface area contributed by atoms with Crippen molar-refractivity contribution in [3.8, 4) is 0 Å². The molecule has 2 saturated heterocycles. The maximum absolute atomic E-state index is 13.5. The van der Waals surface area contributed by atoms with Gasteiger partial charge >= 0.3 is 5.97 Å². The van der Waals surface area contributed by atoms with Gasteiger partial charge in [0.15, 0.2) is 11.8 Å². The second-order valence-corrected chi connectivity index (χ2v) is 7.67. The number of carbonyl (C=O) groups excluding carboxylic acids is 3. The minimum absolute atomic E-state index is 0.209. The van der Waals surface area contributed by atoms with E-state index in [0.29, 0.717) is 17.9 Å². The molecule has 1 aromatic heterocycles. The van der Waals surface area contributed by atoms with Gasteiger partial charge in [0.2, 0.25) is 17.4 Å². The largest absolute Gasteiger partial charge is 0.463 e. The van der Waals surface area contributed by atoms with Gasteiger partial charge in [0.05, 0.1) is 18.6 Å². The van der Waals surface area contributed by atoms with E-state index < -0.39 is 29.4 Å². The average Bonchev–Trinajstić information content (AvgIpc) is 3.40. The Morgan fingerprint density at radius 3 is 2.48 bits per heavy atom. The summed E-state index contributed by atoms with van der Waals surface area (Å²) < 4.78 is 10.9.